The van der Waals surface area contributed by atoms with Crippen molar-refractivity contribution in [2.24, 2.45) is 5.92 Å². The summed E-state index contributed by atoms with van der Waals surface area (Å²) >= 11 is 0. The number of hydrogen-bond donors (Lipinski definition) is 1. The first-order valence-corrected chi connectivity index (χ1v) is 9.97. The average molecular weight is 396 g/mol. The summed E-state index contributed by atoms with van der Waals surface area (Å²) in [6, 6.07) is 0. The summed E-state index contributed by atoms with van der Waals surface area (Å²) in [5.74, 6) is 0.224. The van der Waals surface area contributed by atoms with Gasteiger partial charge in [-0.15, -0.1) is 0 Å². The van der Waals surface area contributed by atoms with Crippen molar-refractivity contribution in [3.63, 3.8) is 0 Å². The normalized spacial score (nSPS) is 14.1. The molecule has 0 atom stereocenters. The number of esters is 2. The zero-order chi connectivity index (χ0) is 21.5. The minimum absolute atomic E-state index is 0.104. The number of nitrogens with one attached hydrogen (secondary N) is 1. The first kappa shape index (κ1) is 25.9. The molecule has 0 fully saturated rings. The van der Waals surface area contributed by atoms with Gasteiger partial charge >= 0.3 is 11.9 Å². The Labute approximate surface area is 169 Å². The second-order valence-electron chi connectivity index (χ2n) is 7.10. The van der Waals surface area contributed by atoms with Crippen molar-refractivity contribution in [2.45, 2.75) is 79.1 Å². The molecule has 160 valence electrons. The van der Waals surface area contributed by atoms with Crippen LogP contribution < -0.4 is 5.32 Å². The van der Waals surface area contributed by atoms with Gasteiger partial charge in [0.05, 0.1) is 14.2 Å². The lowest BCUT2D eigenvalue weighted by Crippen LogP contribution is -2.23. The van der Waals surface area contributed by atoms with E-state index < -0.39 is 0 Å². The summed E-state index contributed by atoms with van der Waals surface area (Å²) in [4.78, 5) is 31.3. The highest BCUT2D eigenvalue weighted by molar-refractivity contribution is 5.69. The van der Waals surface area contributed by atoms with E-state index in [1.165, 1.54) is 36.8 Å². The summed E-state index contributed by atoms with van der Waals surface area (Å²) in [6.45, 7) is 8.66. The Morgan fingerprint density at radius 2 is 1.32 bits per heavy atom. The SMILES string of the molecule is COC(=O)CCCCC1C(C)=C(C)NC(C)=C1C.COC(=O)CCCCC=O. The molecule has 0 aromatic heterocycles. The molecule has 1 aliphatic heterocycles. The Bertz CT molecular complexity index is 553. The molecule has 1 N–H and O–H groups in total. The van der Waals surface area contributed by atoms with Gasteiger partial charge in [-0.1, -0.05) is 6.42 Å². The van der Waals surface area contributed by atoms with E-state index in [9.17, 15) is 14.4 Å². The molecule has 6 heteroatoms. The lowest BCUT2D eigenvalue weighted by molar-refractivity contribution is -0.141. The molecule has 0 unspecified atom stereocenters. The summed E-state index contributed by atoms with van der Waals surface area (Å²) < 4.78 is 9.05. The Kier molecular flexibility index (Phi) is 13.8. The number of methoxy groups -OCH3 is 2. The van der Waals surface area contributed by atoms with Crippen LogP contribution in [0.3, 0.4) is 0 Å². The lowest BCUT2D eigenvalue weighted by atomic mass is 9.84. The fourth-order valence-electron chi connectivity index (χ4n) is 3.08. The Hall–Kier alpha value is -2.11. The van der Waals surface area contributed by atoms with Crippen LogP contribution in [0.2, 0.25) is 0 Å². The van der Waals surface area contributed by atoms with E-state index in [0.29, 0.717) is 25.2 Å². The van der Waals surface area contributed by atoms with Crippen molar-refractivity contribution in [2.75, 3.05) is 14.2 Å². The monoisotopic (exact) mass is 395 g/mol. The van der Waals surface area contributed by atoms with Gasteiger partial charge in [-0.3, -0.25) is 9.59 Å². The van der Waals surface area contributed by atoms with Crippen LogP contribution in [0.25, 0.3) is 0 Å². The van der Waals surface area contributed by atoms with E-state index in [-0.39, 0.29) is 11.9 Å². The van der Waals surface area contributed by atoms with Crippen molar-refractivity contribution >= 4 is 18.2 Å². The average Bonchev–Trinajstić information content (AvgIpc) is 2.69. The molecule has 1 aliphatic rings. The van der Waals surface area contributed by atoms with Crippen LogP contribution in [0.4, 0.5) is 0 Å². The molecule has 0 radical (unpaired) electrons. The summed E-state index contributed by atoms with van der Waals surface area (Å²) in [6.07, 6.45) is 6.96. The highest BCUT2D eigenvalue weighted by Crippen LogP contribution is 2.32. The quantitative estimate of drug-likeness (QED) is 0.334. The first-order chi connectivity index (χ1) is 13.3. The Morgan fingerprint density at radius 1 is 0.857 bits per heavy atom. The highest BCUT2D eigenvalue weighted by Gasteiger charge is 2.21. The topological polar surface area (TPSA) is 81.7 Å². The zero-order valence-electron chi connectivity index (χ0n) is 18.4. The molecule has 0 saturated carbocycles. The number of aldehydes is 1. The molecular weight excluding hydrogens is 358 g/mol. The number of hydrogen-bond acceptors (Lipinski definition) is 6. The second-order valence-corrected chi connectivity index (χ2v) is 7.10. The van der Waals surface area contributed by atoms with Gasteiger partial charge in [-0.05, 0) is 64.5 Å². The Balaban J connectivity index is 0.000000621. The van der Waals surface area contributed by atoms with Gasteiger partial charge in [0.15, 0.2) is 0 Å². The predicted octanol–water partition coefficient (Wildman–Crippen LogP) is 4.45. The number of ether oxygens (including phenoxy) is 2. The van der Waals surface area contributed by atoms with Crippen LogP contribution in [0.5, 0.6) is 0 Å². The van der Waals surface area contributed by atoms with Crippen molar-refractivity contribution < 1.29 is 23.9 Å². The van der Waals surface area contributed by atoms with Gasteiger partial charge in [0.25, 0.3) is 0 Å². The summed E-state index contributed by atoms with van der Waals surface area (Å²) in [5, 5.41) is 3.41. The second kappa shape index (κ2) is 14.9. The van der Waals surface area contributed by atoms with Crippen LogP contribution in [-0.2, 0) is 23.9 Å². The van der Waals surface area contributed by atoms with Crippen molar-refractivity contribution in [3.05, 3.63) is 22.5 Å². The van der Waals surface area contributed by atoms with E-state index in [1.807, 2.05) is 0 Å². The van der Waals surface area contributed by atoms with Crippen molar-refractivity contribution in [1.82, 2.24) is 5.32 Å². The molecule has 0 aromatic rings. The van der Waals surface area contributed by atoms with Gasteiger partial charge in [0.1, 0.15) is 6.29 Å². The van der Waals surface area contributed by atoms with E-state index in [1.54, 1.807) is 0 Å². The third-order valence-electron chi connectivity index (χ3n) is 5.14. The molecule has 1 heterocycles. The van der Waals surface area contributed by atoms with Gasteiger partial charge in [-0.25, -0.2) is 0 Å². The summed E-state index contributed by atoms with van der Waals surface area (Å²) in [7, 11) is 2.81. The van der Waals surface area contributed by atoms with Crippen molar-refractivity contribution in [1.29, 1.82) is 0 Å². The zero-order valence-corrected chi connectivity index (χ0v) is 18.4. The fourth-order valence-corrected chi connectivity index (χ4v) is 3.08. The lowest BCUT2D eigenvalue weighted by Gasteiger charge is -2.29. The molecule has 0 aliphatic carbocycles. The molecule has 0 bridgehead atoms. The molecule has 0 spiro atoms. The molecule has 0 aromatic carbocycles. The number of carbonyl (C=O) groups is 3. The van der Waals surface area contributed by atoms with Crippen LogP contribution in [0, 0.1) is 5.92 Å². The van der Waals surface area contributed by atoms with Crippen LogP contribution in [0.1, 0.15) is 79.1 Å². The predicted molar refractivity (Wildman–Crippen MR) is 110 cm³/mol. The van der Waals surface area contributed by atoms with Gasteiger partial charge in [0.2, 0.25) is 0 Å². The largest absolute Gasteiger partial charge is 0.469 e. The van der Waals surface area contributed by atoms with Gasteiger partial charge in [0, 0.05) is 36.6 Å². The smallest absolute Gasteiger partial charge is 0.305 e. The number of unbranched alkanes of at least 4 members (excludes halogenated alkanes) is 3. The van der Waals surface area contributed by atoms with E-state index >= 15 is 0 Å². The van der Waals surface area contributed by atoms with Crippen molar-refractivity contribution in [3.8, 4) is 0 Å². The maximum atomic E-state index is 11.0. The van der Waals surface area contributed by atoms with Gasteiger partial charge in [-0.2, -0.15) is 0 Å². The van der Waals surface area contributed by atoms with E-state index in [0.717, 1.165) is 38.4 Å². The maximum Gasteiger partial charge on any atom is 0.305 e. The fraction of sp³-hybridized carbons (Fsp3) is 0.682. The maximum absolute atomic E-state index is 11.0. The molecular formula is C22H37NO5. The Morgan fingerprint density at radius 3 is 1.75 bits per heavy atom. The van der Waals surface area contributed by atoms with Crippen LogP contribution in [-0.4, -0.2) is 32.4 Å². The highest BCUT2D eigenvalue weighted by atomic mass is 16.5. The third-order valence-corrected chi connectivity index (χ3v) is 5.14. The van der Waals surface area contributed by atoms with Crippen LogP contribution in [0.15, 0.2) is 22.5 Å². The molecule has 6 nitrogen and oxygen atoms in total. The standard InChI is InChI=1S/C15H25NO2.C7H12O3/c1-10-12(3)16-13(4)11(2)14(10)8-6-7-9-15(17)18-5;1-10-7(9)5-3-2-4-6-8/h14,16H,6-9H2,1-5H3;6H,2-5H2,1H3. The van der Waals surface area contributed by atoms with Gasteiger partial charge < -0.3 is 19.6 Å². The van der Waals surface area contributed by atoms with E-state index in [2.05, 4.69) is 42.5 Å². The number of dihydropyridines is 1. The summed E-state index contributed by atoms with van der Waals surface area (Å²) in [5.41, 5.74) is 5.40. The molecule has 0 saturated heterocycles. The number of allylic oxidation sites excluding steroid dienone is 4. The van der Waals surface area contributed by atoms with Crippen LogP contribution >= 0.6 is 0 Å². The molecule has 0 amide bonds. The number of carbonyl (C=O) groups excluding carboxylic acids is 3. The molecule has 1 rings (SSSR count). The first-order valence-electron chi connectivity index (χ1n) is 9.97. The third kappa shape index (κ3) is 10.3. The van der Waals surface area contributed by atoms with E-state index in [4.69, 9.17) is 0 Å². The molecule has 28 heavy (non-hydrogen) atoms. The minimum Gasteiger partial charge on any atom is -0.469 e. The minimum atomic E-state index is -0.203. The number of rotatable bonds is 10.